The molecule has 2 rings (SSSR count). The standard InChI is InChI=1S/C16H19N3O/c1-12(2)19(11-13-6-4-3-5-7-13)16(20)14-8-15(17)10-18-9-14/h3-10,12H,11,17H2,1-2H3. The van der Waals surface area contributed by atoms with Gasteiger partial charge in [0, 0.05) is 25.0 Å². The number of nitrogens with zero attached hydrogens (tertiary/aromatic N) is 2. The molecule has 0 saturated carbocycles. The van der Waals surface area contributed by atoms with Gasteiger partial charge in [0.25, 0.3) is 5.91 Å². The van der Waals surface area contributed by atoms with Gasteiger partial charge in [0.2, 0.25) is 0 Å². The second-order valence-electron chi connectivity index (χ2n) is 5.02. The van der Waals surface area contributed by atoms with Gasteiger partial charge in [0.05, 0.1) is 11.3 Å². The summed E-state index contributed by atoms with van der Waals surface area (Å²) in [5, 5.41) is 0. The fraction of sp³-hybridized carbons (Fsp3) is 0.250. The van der Waals surface area contributed by atoms with Crippen LogP contribution in [-0.2, 0) is 6.54 Å². The molecule has 0 aliphatic heterocycles. The predicted molar refractivity (Wildman–Crippen MR) is 80.1 cm³/mol. The van der Waals surface area contributed by atoms with Gasteiger partial charge in [-0.15, -0.1) is 0 Å². The summed E-state index contributed by atoms with van der Waals surface area (Å²) in [6, 6.07) is 11.7. The Morgan fingerprint density at radius 3 is 2.55 bits per heavy atom. The van der Waals surface area contributed by atoms with Crippen LogP contribution in [0.5, 0.6) is 0 Å². The van der Waals surface area contributed by atoms with Crippen LogP contribution in [0, 0.1) is 0 Å². The predicted octanol–water partition coefficient (Wildman–Crippen LogP) is 2.71. The largest absolute Gasteiger partial charge is 0.397 e. The van der Waals surface area contributed by atoms with Gasteiger partial charge in [-0.2, -0.15) is 0 Å². The number of rotatable bonds is 4. The maximum absolute atomic E-state index is 12.6. The molecule has 4 heteroatoms. The van der Waals surface area contributed by atoms with Crippen molar-refractivity contribution < 1.29 is 4.79 Å². The zero-order valence-corrected chi connectivity index (χ0v) is 11.8. The zero-order valence-electron chi connectivity index (χ0n) is 11.8. The van der Waals surface area contributed by atoms with Crippen LogP contribution in [0.25, 0.3) is 0 Å². The van der Waals surface area contributed by atoms with Gasteiger partial charge in [0.15, 0.2) is 0 Å². The number of carbonyl (C=O) groups excluding carboxylic acids is 1. The molecule has 2 N–H and O–H groups in total. The van der Waals surface area contributed by atoms with Crippen molar-refractivity contribution in [1.82, 2.24) is 9.88 Å². The summed E-state index contributed by atoms with van der Waals surface area (Å²) in [5.41, 5.74) is 7.82. The van der Waals surface area contributed by atoms with Crippen LogP contribution >= 0.6 is 0 Å². The number of nitrogen functional groups attached to an aromatic ring is 1. The van der Waals surface area contributed by atoms with E-state index in [1.165, 1.54) is 6.20 Å². The fourth-order valence-electron chi connectivity index (χ4n) is 2.01. The topological polar surface area (TPSA) is 59.2 Å². The number of pyridine rings is 1. The summed E-state index contributed by atoms with van der Waals surface area (Å²) in [7, 11) is 0. The van der Waals surface area contributed by atoms with Gasteiger partial charge in [0.1, 0.15) is 0 Å². The Bertz CT molecular complexity index is 581. The maximum Gasteiger partial charge on any atom is 0.256 e. The molecular weight excluding hydrogens is 250 g/mol. The minimum atomic E-state index is -0.0522. The molecule has 0 spiro atoms. The van der Waals surface area contributed by atoms with Crippen molar-refractivity contribution >= 4 is 11.6 Å². The van der Waals surface area contributed by atoms with E-state index in [9.17, 15) is 4.79 Å². The Morgan fingerprint density at radius 1 is 1.25 bits per heavy atom. The maximum atomic E-state index is 12.6. The highest BCUT2D eigenvalue weighted by Crippen LogP contribution is 2.14. The Labute approximate surface area is 119 Å². The van der Waals surface area contributed by atoms with E-state index in [-0.39, 0.29) is 11.9 Å². The van der Waals surface area contributed by atoms with Gasteiger partial charge in [-0.05, 0) is 25.5 Å². The van der Waals surface area contributed by atoms with Crippen LogP contribution in [0.2, 0.25) is 0 Å². The Morgan fingerprint density at radius 2 is 1.95 bits per heavy atom. The molecule has 0 radical (unpaired) electrons. The first-order valence-corrected chi connectivity index (χ1v) is 6.63. The van der Waals surface area contributed by atoms with E-state index >= 15 is 0 Å². The quantitative estimate of drug-likeness (QED) is 0.928. The lowest BCUT2D eigenvalue weighted by molar-refractivity contribution is 0.0690. The first-order valence-electron chi connectivity index (χ1n) is 6.63. The van der Waals surface area contributed by atoms with E-state index in [0.29, 0.717) is 17.8 Å². The Balaban J connectivity index is 2.23. The number of hydrogen-bond acceptors (Lipinski definition) is 3. The van der Waals surface area contributed by atoms with Crippen LogP contribution < -0.4 is 5.73 Å². The number of benzene rings is 1. The summed E-state index contributed by atoms with van der Waals surface area (Å²) < 4.78 is 0. The molecule has 1 aromatic carbocycles. The molecule has 0 aliphatic carbocycles. The number of nitrogens with two attached hydrogens (primary N) is 1. The van der Waals surface area contributed by atoms with Crippen molar-refractivity contribution in [1.29, 1.82) is 0 Å². The van der Waals surface area contributed by atoms with E-state index in [1.807, 2.05) is 49.1 Å². The van der Waals surface area contributed by atoms with Gasteiger partial charge in [-0.3, -0.25) is 9.78 Å². The molecule has 0 unspecified atom stereocenters. The van der Waals surface area contributed by atoms with Crippen molar-refractivity contribution in [2.45, 2.75) is 26.4 Å². The van der Waals surface area contributed by atoms with Crippen molar-refractivity contribution in [2.24, 2.45) is 0 Å². The van der Waals surface area contributed by atoms with Crippen molar-refractivity contribution in [3.8, 4) is 0 Å². The number of anilines is 1. The molecule has 1 amide bonds. The average molecular weight is 269 g/mol. The monoisotopic (exact) mass is 269 g/mol. The van der Waals surface area contributed by atoms with E-state index in [4.69, 9.17) is 5.73 Å². The second-order valence-corrected chi connectivity index (χ2v) is 5.02. The van der Waals surface area contributed by atoms with Gasteiger partial charge in [-0.25, -0.2) is 0 Å². The molecule has 1 heterocycles. The zero-order chi connectivity index (χ0) is 14.5. The molecule has 104 valence electrons. The highest BCUT2D eigenvalue weighted by molar-refractivity contribution is 5.94. The molecule has 0 bridgehead atoms. The van der Waals surface area contributed by atoms with Crippen LogP contribution in [-0.4, -0.2) is 21.8 Å². The third-order valence-corrected chi connectivity index (χ3v) is 3.09. The molecule has 0 saturated heterocycles. The van der Waals surface area contributed by atoms with Crippen LogP contribution in [0.3, 0.4) is 0 Å². The minimum absolute atomic E-state index is 0.0522. The van der Waals surface area contributed by atoms with Gasteiger partial charge in [-0.1, -0.05) is 30.3 Å². The van der Waals surface area contributed by atoms with Gasteiger partial charge < -0.3 is 10.6 Å². The third-order valence-electron chi connectivity index (χ3n) is 3.09. The molecule has 0 aliphatic rings. The van der Waals surface area contributed by atoms with Crippen LogP contribution in [0.15, 0.2) is 48.8 Å². The molecule has 0 atom stereocenters. The number of hydrogen-bond donors (Lipinski definition) is 1. The molecule has 2 aromatic rings. The molecular formula is C16H19N3O. The first kappa shape index (κ1) is 14.1. The Hall–Kier alpha value is -2.36. The highest BCUT2D eigenvalue weighted by atomic mass is 16.2. The summed E-state index contributed by atoms with van der Waals surface area (Å²) >= 11 is 0. The molecule has 1 aromatic heterocycles. The van der Waals surface area contributed by atoms with E-state index < -0.39 is 0 Å². The van der Waals surface area contributed by atoms with E-state index in [1.54, 1.807) is 12.3 Å². The highest BCUT2D eigenvalue weighted by Gasteiger charge is 2.19. The van der Waals surface area contributed by atoms with Crippen molar-refractivity contribution in [3.05, 3.63) is 59.9 Å². The van der Waals surface area contributed by atoms with Crippen LogP contribution in [0.4, 0.5) is 5.69 Å². The smallest absolute Gasteiger partial charge is 0.256 e. The summed E-state index contributed by atoms with van der Waals surface area (Å²) in [5.74, 6) is -0.0522. The van der Waals surface area contributed by atoms with Crippen LogP contribution in [0.1, 0.15) is 29.8 Å². The molecule has 0 fully saturated rings. The summed E-state index contributed by atoms with van der Waals surface area (Å²) in [6.07, 6.45) is 3.09. The molecule has 20 heavy (non-hydrogen) atoms. The van der Waals surface area contributed by atoms with Gasteiger partial charge >= 0.3 is 0 Å². The molecule has 4 nitrogen and oxygen atoms in total. The van der Waals surface area contributed by atoms with Crippen molar-refractivity contribution in [2.75, 3.05) is 5.73 Å². The van der Waals surface area contributed by atoms with Crippen molar-refractivity contribution in [3.63, 3.8) is 0 Å². The Kier molecular flexibility index (Phi) is 4.35. The normalized spacial score (nSPS) is 10.6. The third kappa shape index (κ3) is 3.35. The lowest BCUT2D eigenvalue weighted by Gasteiger charge is -2.27. The number of amides is 1. The van der Waals surface area contributed by atoms with E-state index in [2.05, 4.69) is 4.98 Å². The SMILES string of the molecule is CC(C)N(Cc1ccccc1)C(=O)c1cncc(N)c1. The van der Waals surface area contributed by atoms with E-state index in [0.717, 1.165) is 5.56 Å². The first-order chi connectivity index (χ1) is 9.58. The average Bonchev–Trinajstić information content (AvgIpc) is 2.45. The summed E-state index contributed by atoms with van der Waals surface area (Å²) in [6.45, 7) is 4.58. The fourth-order valence-corrected chi connectivity index (χ4v) is 2.01. The minimum Gasteiger partial charge on any atom is -0.397 e. The number of aromatic nitrogens is 1. The lowest BCUT2D eigenvalue weighted by atomic mass is 10.1. The summed E-state index contributed by atoms with van der Waals surface area (Å²) in [4.78, 5) is 18.4. The lowest BCUT2D eigenvalue weighted by Crippen LogP contribution is -2.36. The number of carbonyl (C=O) groups is 1. The second kappa shape index (κ2) is 6.19.